The van der Waals surface area contributed by atoms with Gasteiger partial charge in [0.2, 0.25) is 0 Å². The summed E-state index contributed by atoms with van der Waals surface area (Å²) in [5.41, 5.74) is 2.81. The van der Waals surface area contributed by atoms with Crippen molar-refractivity contribution >= 4 is 56.7 Å². The molecule has 3 heterocycles. The van der Waals surface area contributed by atoms with Crippen LogP contribution < -0.4 is 10.5 Å². The van der Waals surface area contributed by atoms with Gasteiger partial charge in [0.05, 0.1) is 24.5 Å². The average Bonchev–Trinajstić information content (AvgIpc) is 3.44. The highest BCUT2D eigenvalue weighted by molar-refractivity contribution is 7.92. The van der Waals surface area contributed by atoms with Crippen molar-refractivity contribution in [3.63, 3.8) is 0 Å². The Labute approximate surface area is 181 Å². The zero-order chi connectivity index (χ0) is 19.8. The zero-order valence-electron chi connectivity index (χ0n) is 15.5. The van der Waals surface area contributed by atoms with E-state index >= 15 is 0 Å². The normalized spacial score (nSPS) is 19.4. The summed E-state index contributed by atoms with van der Waals surface area (Å²) in [6, 6.07) is 10.4. The first kappa shape index (κ1) is 19.1. The van der Waals surface area contributed by atoms with Crippen molar-refractivity contribution < 1.29 is 4.18 Å². The fourth-order valence-corrected chi connectivity index (χ4v) is 5.42. The van der Waals surface area contributed by atoms with Gasteiger partial charge in [0, 0.05) is 44.4 Å². The van der Waals surface area contributed by atoms with E-state index in [-0.39, 0.29) is 0 Å². The maximum Gasteiger partial charge on any atom is 0.157 e. The SMILES string of the molecule is NSOCC1CCC(Nc2ccnc3cc(-c4csc5ccc(Cl)cc45)nn23)C1. The Kier molecular flexibility index (Phi) is 5.36. The Bertz CT molecular complexity index is 1160. The van der Waals surface area contributed by atoms with Crippen LogP contribution in [0.15, 0.2) is 41.9 Å². The quantitative estimate of drug-likeness (QED) is 0.306. The van der Waals surface area contributed by atoms with Crippen molar-refractivity contribution in [2.75, 3.05) is 11.9 Å². The first-order valence-corrected chi connectivity index (χ1v) is 11.5. The molecule has 1 aliphatic rings. The van der Waals surface area contributed by atoms with Gasteiger partial charge in [0.1, 0.15) is 5.82 Å². The van der Waals surface area contributed by atoms with Crippen molar-refractivity contribution in [1.29, 1.82) is 0 Å². The molecule has 0 spiro atoms. The molecular formula is C20H20ClN5OS2. The minimum atomic E-state index is 0.394. The maximum atomic E-state index is 6.22. The number of anilines is 1. The molecule has 0 aliphatic heterocycles. The maximum absolute atomic E-state index is 6.22. The predicted molar refractivity (Wildman–Crippen MR) is 121 cm³/mol. The molecule has 2 unspecified atom stereocenters. The summed E-state index contributed by atoms with van der Waals surface area (Å²) in [6.45, 7) is 0.699. The predicted octanol–water partition coefficient (Wildman–Crippen LogP) is 5.38. The summed E-state index contributed by atoms with van der Waals surface area (Å²) in [4.78, 5) is 4.50. The monoisotopic (exact) mass is 445 g/mol. The number of hydrogen-bond donors (Lipinski definition) is 2. The van der Waals surface area contributed by atoms with Crippen molar-refractivity contribution in [2.24, 2.45) is 11.1 Å². The number of nitrogens with two attached hydrogens (primary N) is 1. The van der Waals surface area contributed by atoms with Gasteiger partial charge in [-0.15, -0.1) is 11.3 Å². The van der Waals surface area contributed by atoms with E-state index in [4.69, 9.17) is 26.0 Å². The molecule has 4 aromatic rings. The van der Waals surface area contributed by atoms with Crippen LogP contribution in [0.5, 0.6) is 0 Å². The van der Waals surface area contributed by atoms with E-state index in [0.29, 0.717) is 18.6 Å². The van der Waals surface area contributed by atoms with E-state index in [1.54, 1.807) is 11.3 Å². The lowest BCUT2D eigenvalue weighted by molar-refractivity contribution is 0.290. The number of benzene rings is 1. The number of fused-ring (bicyclic) bond motifs is 2. The highest BCUT2D eigenvalue weighted by atomic mass is 35.5. The van der Waals surface area contributed by atoms with Gasteiger partial charge in [0.15, 0.2) is 5.65 Å². The highest BCUT2D eigenvalue weighted by Crippen LogP contribution is 2.36. The van der Waals surface area contributed by atoms with Crippen molar-refractivity contribution in [1.82, 2.24) is 14.6 Å². The van der Waals surface area contributed by atoms with Gasteiger partial charge in [-0.2, -0.15) is 9.61 Å². The second-order valence-electron chi connectivity index (χ2n) is 7.32. The van der Waals surface area contributed by atoms with Crippen LogP contribution in [-0.2, 0) is 4.18 Å². The molecule has 1 fully saturated rings. The van der Waals surface area contributed by atoms with Gasteiger partial charge < -0.3 is 9.50 Å². The summed E-state index contributed by atoms with van der Waals surface area (Å²) >= 11 is 8.86. The van der Waals surface area contributed by atoms with Crippen LogP contribution in [0, 0.1) is 5.92 Å². The first-order valence-electron chi connectivity index (χ1n) is 9.48. The van der Waals surface area contributed by atoms with Gasteiger partial charge >= 0.3 is 0 Å². The molecule has 1 saturated carbocycles. The van der Waals surface area contributed by atoms with Gasteiger partial charge in [-0.1, -0.05) is 11.6 Å². The van der Waals surface area contributed by atoms with Crippen molar-refractivity contribution in [2.45, 2.75) is 25.3 Å². The molecule has 6 nitrogen and oxygen atoms in total. The van der Waals surface area contributed by atoms with Gasteiger partial charge in [0.25, 0.3) is 0 Å². The number of halogens is 1. The van der Waals surface area contributed by atoms with Crippen molar-refractivity contribution in [3.05, 3.63) is 46.9 Å². The van der Waals surface area contributed by atoms with Crippen LogP contribution in [0.3, 0.4) is 0 Å². The number of hydrogen-bond acceptors (Lipinski definition) is 7. The van der Waals surface area contributed by atoms with Crippen LogP contribution >= 0.6 is 35.2 Å². The fraction of sp³-hybridized carbons (Fsp3) is 0.300. The Morgan fingerprint density at radius 1 is 1.31 bits per heavy atom. The van der Waals surface area contributed by atoms with E-state index in [1.807, 2.05) is 35.0 Å². The molecule has 5 rings (SSSR count). The molecular weight excluding hydrogens is 426 g/mol. The molecule has 2 atom stereocenters. The molecule has 29 heavy (non-hydrogen) atoms. The highest BCUT2D eigenvalue weighted by Gasteiger charge is 2.25. The van der Waals surface area contributed by atoms with Crippen LogP contribution in [-0.4, -0.2) is 27.2 Å². The molecule has 0 amide bonds. The molecule has 1 aliphatic carbocycles. The smallest absolute Gasteiger partial charge is 0.157 e. The first-order chi connectivity index (χ1) is 14.2. The van der Waals surface area contributed by atoms with Gasteiger partial charge in [-0.05, 0) is 49.4 Å². The van der Waals surface area contributed by atoms with Gasteiger partial charge in [-0.25, -0.2) is 4.98 Å². The van der Waals surface area contributed by atoms with E-state index in [0.717, 1.165) is 64.6 Å². The average molecular weight is 446 g/mol. The summed E-state index contributed by atoms with van der Waals surface area (Å²) in [5.74, 6) is 1.49. The van der Waals surface area contributed by atoms with Crippen LogP contribution in [0.25, 0.3) is 27.0 Å². The molecule has 9 heteroatoms. The summed E-state index contributed by atoms with van der Waals surface area (Å²) in [7, 11) is 0. The Morgan fingerprint density at radius 3 is 3.14 bits per heavy atom. The third-order valence-corrected chi connectivity index (χ3v) is 6.91. The zero-order valence-corrected chi connectivity index (χ0v) is 17.9. The molecule has 1 aromatic carbocycles. The molecule has 150 valence electrons. The second kappa shape index (κ2) is 8.12. The Morgan fingerprint density at radius 2 is 2.24 bits per heavy atom. The van der Waals surface area contributed by atoms with Crippen LogP contribution in [0.4, 0.5) is 5.82 Å². The Hall–Kier alpha value is -1.84. The molecule has 0 radical (unpaired) electrons. The number of rotatable bonds is 6. The standard InChI is InChI=1S/C20H20ClN5OS2/c21-13-2-4-18-15(8-13)16(11-28-18)17-9-20-23-6-5-19(26(20)25-17)24-14-3-1-12(7-14)10-27-29-22/h2,4-6,8-9,11-12,14,24H,1,3,7,10,22H2. The largest absolute Gasteiger partial charge is 0.367 e. The topological polar surface area (TPSA) is 77.5 Å². The Balaban J connectivity index is 1.43. The summed E-state index contributed by atoms with van der Waals surface area (Å²) in [6.07, 6.45) is 5.13. The summed E-state index contributed by atoms with van der Waals surface area (Å²) in [5, 5.41) is 17.9. The minimum absolute atomic E-state index is 0.394. The second-order valence-corrected chi connectivity index (χ2v) is 9.10. The summed E-state index contributed by atoms with van der Waals surface area (Å²) < 4.78 is 8.39. The van der Waals surface area contributed by atoms with Crippen molar-refractivity contribution in [3.8, 4) is 11.3 Å². The number of nitrogens with zero attached hydrogens (tertiary/aromatic N) is 3. The lowest BCUT2D eigenvalue weighted by atomic mass is 10.1. The molecule has 3 N–H and O–H groups in total. The fourth-order valence-electron chi connectivity index (χ4n) is 4.04. The lowest BCUT2D eigenvalue weighted by Crippen LogP contribution is -2.18. The number of thiophene rings is 1. The van der Waals surface area contributed by atoms with E-state index in [1.165, 1.54) is 4.70 Å². The van der Waals surface area contributed by atoms with Crippen LogP contribution in [0.2, 0.25) is 5.02 Å². The third kappa shape index (κ3) is 3.83. The van der Waals surface area contributed by atoms with Crippen LogP contribution in [0.1, 0.15) is 19.3 Å². The van der Waals surface area contributed by atoms with E-state index in [2.05, 4.69) is 21.7 Å². The molecule has 0 bridgehead atoms. The molecule has 3 aromatic heterocycles. The number of nitrogens with one attached hydrogen (secondary N) is 1. The van der Waals surface area contributed by atoms with E-state index < -0.39 is 0 Å². The van der Waals surface area contributed by atoms with Gasteiger partial charge in [-0.3, -0.25) is 5.14 Å². The molecule has 0 saturated heterocycles. The van der Waals surface area contributed by atoms with E-state index in [9.17, 15) is 0 Å². The lowest BCUT2D eigenvalue weighted by Gasteiger charge is -2.15. The third-order valence-electron chi connectivity index (χ3n) is 5.43. The number of aromatic nitrogens is 3. The minimum Gasteiger partial charge on any atom is -0.367 e.